The Bertz CT molecular complexity index is 476. The molecule has 1 N–H and O–H groups in total. The second-order valence-corrected chi connectivity index (χ2v) is 6.94. The number of carbonyl (C=O) groups excluding carboxylic acids is 1. The van der Waals surface area contributed by atoms with E-state index < -0.39 is 0 Å². The van der Waals surface area contributed by atoms with Crippen LogP contribution in [0.4, 0.5) is 0 Å². The topological polar surface area (TPSA) is 42.0 Å². The van der Waals surface area contributed by atoms with Crippen LogP contribution in [-0.2, 0) is 11.3 Å². The minimum Gasteiger partial charge on any atom is -0.349 e. The van der Waals surface area contributed by atoms with Crippen molar-refractivity contribution in [3.05, 3.63) is 16.1 Å². The van der Waals surface area contributed by atoms with Crippen molar-refractivity contribution >= 4 is 17.2 Å². The molecule has 2 atom stereocenters. The Labute approximate surface area is 111 Å². The molecule has 4 heteroatoms. The fourth-order valence-electron chi connectivity index (χ4n) is 2.83. The summed E-state index contributed by atoms with van der Waals surface area (Å²) in [6.07, 6.45) is 6.42. The van der Waals surface area contributed by atoms with Gasteiger partial charge in [0.2, 0.25) is 5.91 Å². The van der Waals surface area contributed by atoms with Crippen molar-refractivity contribution in [3.8, 4) is 0 Å². The van der Waals surface area contributed by atoms with Gasteiger partial charge < -0.3 is 5.32 Å². The molecule has 3 nitrogen and oxygen atoms in total. The van der Waals surface area contributed by atoms with Gasteiger partial charge in [0.05, 0.1) is 12.2 Å². The van der Waals surface area contributed by atoms with Crippen LogP contribution in [0.3, 0.4) is 0 Å². The summed E-state index contributed by atoms with van der Waals surface area (Å²) in [6.45, 7) is 0.629. The average molecular weight is 262 g/mol. The van der Waals surface area contributed by atoms with E-state index in [4.69, 9.17) is 0 Å². The molecule has 0 aliphatic heterocycles. The van der Waals surface area contributed by atoms with Gasteiger partial charge in [-0.25, -0.2) is 4.98 Å². The molecule has 3 aliphatic rings. The van der Waals surface area contributed by atoms with E-state index in [1.165, 1.54) is 31.4 Å². The maximum absolute atomic E-state index is 11.9. The lowest BCUT2D eigenvalue weighted by Gasteiger charge is -2.01. The summed E-state index contributed by atoms with van der Waals surface area (Å²) in [4.78, 5) is 16.5. The number of hydrogen-bond acceptors (Lipinski definition) is 3. The molecule has 18 heavy (non-hydrogen) atoms. The van der Waals surface area contributed by atoms with Crippen molar-refractivity contribution in [3.63, 3.8) is 0 Å². The molecule has 3 fully saturated rings. The fraction of sp³-hybridized carbons (Fsp3) is 0.714. The Morgan fingerprint density at radius 1 is 1.39 bits per heavy atom. The Kier molecular flexibility index (Phi) is 2.47. The number of hydrogen-bond donors (Lipinski definition) is 1. The summed E-state index contributed by atoms with van der Waals surface area (Å²) in [5.41, 5.74) is 1.24. The zero-order valence-electron chi connectivity index (χ0n) is 10.4. The Balaban J connectivity index is 1.28. The van der Waals surface area contributed by atoms with Crippen molar-refractivity contribution in [1.29, 1.82) is 0 Å². The summed E-state index contributed by atoms with van der Waals surface area (Å²) in [5, 5.41) is 6.27. The molecule has 3 saturated carbocycles. The number of aromatic nitrogens is 1. The van der Waals surface area contributed by atoms with Crippen LogP contribution in [0.1, 0.15) is 48.7 Å². The second-order valence-electron chi connectivity index (χ2n) is 6.00. The fourth-order valence-corrected chi connectivity index (χ4v) is 3.64. The lowest BCUT2D eigenvalue weighted by molar-refractivity contribution is -0.122. The van der Waals surface area contributed by atoms with Crippen LogP contribution in [-0.4, -0.2) is 10.9 Å². The first kappa shape index (κ1) is 11.0. The molecule has 0 bridgehead atoms. The van der Waals surface area contributed by atoms with Gasteiger partial charge in [0.15, 0.2) is 0 Å². The normalized spacial score (nSPS) is 30.2. The minimum absolute atomic E-state index is 0.259. The lowest BCUT2D eigenvalue weighted by Crippen LogP contribution is -2.25. The van der Waals surface area contributed by atoms with Crippen molar-refractivity contribution in [2.24, 2.45) is 17.8 Å². The van der Waals surface area contributed by atoms with Gasteiger partial charge in [-0.1, -0.05) is 0 Å². The van der Waals surface area contributed by atoms with Crippen molar-refractivity contribution in [1.82, 2.24) is 10.3 Å². The van der Waals surface area contributed by atoms with Crippen LogP contribution in [0.2, 0.25) is 0 Å². The summed E-state index contributed by atoms with van der Waals surface area (Å²) in [7, 11) is 0. The van der Waals surface area contributed by atoms with Gasteiger partial charge in [-0.2, -0.15) is 0 Å². The maximum atomic E-state index is 11.9. The van der Waals surface area contributed by atoms with Crippen molar-refractivity contribution < 1.29 is 4.79 Å². The Morgan fingerprint density at radius 3 is 2.94 bits per heavy atom. The quantitative estimate of drug-likeness (QED) is 0.886. The first-order chi connectivity index (χ1) is 8.81. The summed E-state index contributed by atoms with van der Waals surface area (Å²) >= 11 is 1.69. The predicted molar refractivity (Wildman–Crippen MR) is 70.3 cm³/mol. The molecule has 4 rings (SSSR count). The van der Waals surface area contributed by atoms with Gasteiger partial charge in [0.25, 0.3) is 0 Å². The van der Waals surface area contributed by atoms with Gasteiger partial charge in [0, 0.05) is 17.2 Å². The van der Waals surface area contributed by atoms with E-state index in [1.54, 1.807) is 11.3 Å². The predicted octanol–water partition coefficient (Wildman–Crippen LogP) is 2.68. The molecule has 0 aromatic carbocycles. The maximum Gasteiger partial charge on any atom is 0.223 e. The third-order valence-corrected chi connectivity index (χ3v) is 5.25. The molecule has 1 heterocycles. The molecule has 1 aromatic rings. The average Bonchev–Trinajstić information content (AvgIpc) is 3.23. The van der Waals surface area contributed by atoms with Crippen LogP contribution in [0.5, 0.6) is 0 Å². The highest BCUT2D eigenvalue weighted by Crippen LogP contribution is 2.54. The third kappa shape index (κ3) is 2.18. The van der Waals surface area contributed by atoms with Gasteiger partial charge >= 0.3 is 0 Å². The van der Waals surface area contributed by atoms with Crippen molar-refractivity contribution in [2.75, 3.05) is 0 Å². The molecule has 3 aliphatic carbocycles. The number of rotatable bonds is 5. The number of nitrogens with zero attached hydrogens (tertiary/aromatic N) is 1. The zero-order valence-corrected chi connectivity index (χ0v) is 11.2. The first-order valence-electron chi connectivity index (χ1n) is 7.03. The lowest BCUT2D eigenvalue weighted by atomic mass is 10.2. The SMILES string of the molecule is O=C(NCc1nc(C2CC2)cs1)[C@H]1C[C@@H]1C1CC1. The molecule has 1 amide bonds. The minimum atomic E-state index is 0.259. The largest absolute Gasteiger partial charge is 0.349 e. The van der Waals surface area contributed by atoms with Crippen LogP contribution < -0.4 is 5.32 Å². The van der Waals surface area contributed by atoms with E-state index in [1.807, 2.05) is 0 Å². The molecular weight excluding hydrogens is 244 g/mol. The van der Waals surface area contributed by atoms with E-state index in [9.17, 15) is 4.79 Å². The molecular formula is C14H18N2OS. The van der Waals surface area contributed by atoms with E-state index in [0.717, 1.165) is 17.3 Å². The van der Waals surface area contributed by atoms with E-state index in [-0.39, 0.29) is 5.91 Å². The van der Waals surface area contributed by atoms with E-state index >= 15 is 0 Å². The van der Waals surface area contributed by atoms with Crippen LogP contribution >= 0.6 is 11.3 Å². The molecule has 0 spiro atoms. The summed E-state index contributed by atoms with van der Waals surface area (Å²) in [5.74, 6) is 2.88. The molecule has 0 radical (unpaired) electrons. The molecule has 0 unspecified atom stereocenters. The van der Waals surface area contributed by atoms with E-state index in [0.29, 0.717) is 24.3 Å². The van der Waals surface area contributed by atoms with Crippen LogP contribution in [0.25, 0.3) is 0 Å². The highest BCUT2D eigenvalue weighted by molar-refractivity contribution is 7.09. The van der Waals surface area contributed by atoms with Gasteiger partial charge in [0.1, 0.15) is 5.01 Å². The number of carbonyl (C=O) groups is 1. The highest BCUT2D eigenvalue weighted by atomic mass is 32.1. The first-order valence-corrected chi connectivity index (χ1v) is 7.91. The van der Waals surface area contributed by atoms with Gasteiger partial charge in [-0.05, 0) is 43.9 Å². The summed E-state index contributed by atoms with van der Waals surface area (Å²) < 4.78 is 0. The zero-order chi connectivity index (χ0) is 12.1. The molecule has 96 valence electrons. The van der Waals surface area contributed by atoms with Crippen LogP contribution in [0, 0.1) is 17.8 Å². The van der Waals surface area contributed by atoms with Crippen molar-refractivity contribution in [2.45, 2.75) is 44.6 Å². The standard InChI is InChI=1S/C14H18N2OS/c17-14(11-5-10(11)8-1-2-8)15-6-13-16-12(7-18-13)9-3-4-9/h7-11H,1-6H2,(H,15,17)/t10-,11+/m1/s1. The monoisotopic (exact) mass is 262 g/mol. The third-order valence-electron chi connectivity index (χ3n) is 4.38. The molecule has 0 saturated heterocycles. The number of amides is 1. The number of nitrogens with one attached hydrogen (secondary N) is 1. The summed E-state index contributed by atoms with van der Waals surface area (Å²) in [6, 6.07) is 0. The van der Waals surface area contributed by atoms with E-state index in [2.05, 4.69) is 15.7 Å². The highest BCUT2D eigenvalue weighted by Gasteiger charge is 2.50. The number of thiazole rings is 1. The van der Waals surface area contributed by atoms with Gasteiger partial charge in [-0.3, -0.25) is 4.79 Å². The Morgan fingerprint density at radius 2 is 2.22 bits per heavy atom. The van der Waals surface area contributed by atoms with Gasteiger partial charge in [-0.15, -0.1) is 11.3 Å². The Hall–Kier alpha value is -0.900. The van der Waals surface area contributed by atoms with Crippen LogP contribution in [0.15, 0.2) is 5.38 Å². The molecule has 1 aromatic heterocycles. The smallest absolute Gasteiger partial charge is 0.223 e. The second kappa shape index (κ2) is 4.05.